The van der Waals surface area contributed by atoms with Gasteiger partial charge in [-0.1, -0.05) is 12.8 Å². The van der Waals surface area contributed by atoms with E-state index in [4.69, 9.17) is 4.74 Å². The lowest BCUT2D eigenvalue weighted by atomic mass is 10.1. The summed E-state index contributed by atoms with van der Waals surface area (Å²) in [6.07, 6.45) is 5.32. The summed E-state index contributed by atoms with van der Waals surface area (Å²) >= 11 is 1.80. The van der Waals surface area contributed by atoms with Gasteiger partial charge < -0.3 is 10.1 Å². The Morgan fingerprint density at radius 1 is 1.23 bits per heavy atom. The summed E-state index contributed by atoms with van der Waals surface area (Å²) in [4.78, 5) is 11.1. The molecule has 0 saturated carbocycles. The van der Waals surface area contributed by atoms with Gasteiger partial charge in [-0.2, -0.15) is 0 Å². The fraction of sp³-hybridized carbons (Fsp3) is 0.889. The topological polar surface area (TPSA) is 38.3 Å². The van der Waals surface area contributed by atoms with Crippen LogP contribution in [0, 0.1) is 0 Å². The molecule has 0 atom stereocenters. The Kier molecular flexibility index (Phi) is 6.02. The highest BCUT2D eigenvalue weighted by molar-refractivity contribution is 7.99. The van der Waals surface area contributed by atoms with Crippen molar-refractivity contribution in [1.82, 2.24) is 5.32 Å². The largest absolute Gasteiger partial charge is 0.351 e. The molecule has 1 N–H and O–H groups in total. The maximum atomic E-state index is 11.1. The predicted molar refractivity (Wildman–Crippen MR) is 54.5 cm³/mol. The van der Waals surface area contributed by atoms with Gasteiger partial charge in [0.05, 0.1) is 5.94 Å². The summed E-state index contributed by atoms with van der Waals surface area (Å²) < 4.78 is 5.21. The van der Waals surface area contributed by atoms with Crippen LogP contribution in [0.4, 0.5) is 0 Å². The molecule has 0 bridgehead atoms. The minimum atomic E-state index is 0.116. The number of thioether (sulfide) groups is 1. The molecule has 3 nitrogen and oxygen atoms in total. The first-order valence-electron chi connectivity index (χ1n) is 4.82. The number of nitrogens with one attached hydrogen (secondary N) is 1. The molecule has 76 valence electrons. The highest BCUT2D eigenvalue weighted by Gasteiger charge is 2.01. The van der Waals surface area contributed by atoms with Gasteiger partial charge in [0, 0.05) is 6.42 Å². The van der Waals surface area contributed by atoms with E-state index in [0.717, 1.165) is 6.42 Å². The molecule has 1 fully saturated rings. The molecule has 0 aromatic heterocycles. The lowest BCUT2D eigenvalue weighted by Crippen LogP contribution is -2.25. The first kappa shape index (κ1) is 10.9. The van der Waals surface area contributed by atoms with Gasteiger partial charge in [0.1, 0.15) is 6.73 Å². The molecule has 1 saturated heterocycles. The second-order valence-electron chi connectivity index (χ2n) is 3.14. The number of amides is 1. The summed E-state index contributed by atoms with van der Waals surface area (Å²) in [6, 6.07) is 0. The van der Waals surface area contributed by atoms with Crippen LogP contribution >= 0.6 is 11.8 Å². The number of hydrogen-bond donors (Lipinski definition) is 1. The molecule has 4 heteroatoms. The van der Waals surface area contributed by atoms with Crippen molar-refractivity contribution in [3.8, 4) is 0 Å². The van der Waals surface area contributed by atoms with E-state index in [1.54, 1.807) is 11.8 Å². The number of carbonyl (C=O) groups is 1. The van der Waals surface area contributed by atoms with Crippen molar-refractivity contribution in [1.29, 1.82) is 0 Å². The van der Waals surface area contributed by atoms with Gasteiger partial charge in [-0.05, 0) is 18.6 Å². The van der Waals surface area contributed by atoms with Crippen LogP contribution in [0.3, 0.4) is 0 Å². The lowest BCUT2D eigenvalue weighted by Gasteiger charge is -2.08. The zero-order valence-corrected chi connectivity index (χ0v) is 8.70. The third-order valence-corrected chi connectivity index (χ3v) is 2.89. The third-order valence-electron chi connectivity index (χ3n) is 1.98. The van der Waals surface area contributed by atoms with Crippen LogP contribution in [-0.4, -0.2) is 24.3 Å². The fourth-order valence-electron chi connectivity index (χ4n) is 1.22. The summed E-state index contributed by atoms with van der Waals surface area (Å²) in [5.74, 6) is 1.99. The molecule has 1 aliphatic heterocycles. The van der Waals surface area contributed by atoms with E-state index < -0.39 is 0 Å². The molecule has 0 unspecified atom stereocenters. The summed E-state index contributed by atoms with van der Waals surface area (Å²) in [6.45, 7) is 0.367. The van der Waals surface area contributed by atoms with Crippen LogP contribution < -0.4 is 5.32 Å². The molecule has 0 aromatic carbocycles. The van der Waals surface area contributed by atoms with Crippen LogP contribution in [0.2, 0.25) is 0 Å². The molecule has 0 spiro atoms. The van der Waals surface area contributed by atoms with Gasteiger partial charge in [0.15, 0.2) is 0 Å². The Morgan fingerprint density at radius 3 is 3.00 bits per heavy atom. The van der Waals surface area contributed by atoms with Gasteiger partial charge in [-0.3, -0.25) is 4.79 Å². The summed E-state index contributed by atoms with van der Waals surface area (Å²) in [5, 5.41) is 2.73. The Hall–Kier alpha value is -0.220. The van der Waals surface area contributed by atoms with Crippen LogP contribution in [0.25, 0.3) is 0 Å². The fourth-order valence-corrected chi connectivity index (χ4v) is 1.95. The molecular formula is C9H17NO2S. The SMILES string of the molecule is O=C1CCCCCCSCOCN1. The first-order chi connectivity index (χ1) is 6.39. The Balaban J connectivity index is 2.14. The van der Waals surface area contributed by atoms with E-state index in [-0.39, 0.29) is 5.91 Å². The first-order valence-corrected chi connectivity index (χ1v) is 5.97. The Bertz CT molecular complexity index is 139. The molecular weight excluding hydrogens is 186 g/mol. The van der Waals surface area contributed by atoms with Crippen LogP contribution in [0.1, 0.15) is 32.1 Å². The van der Waals surface area contributed by atoms with Crippen LogP contribution in [0.15, 0.2) is 0 Å². The average Bonchev–Trinajstić information content (AvgIpc) is 2.11. The van der Waals surface area contributed by atoms with E-state index in [2.05, 4.69) is 5.32 Å². The zero-order chi connectivity index (χ0) is 9.36. The molecule has 1 heterocycles. The van der Waals surface area contributed by atoms with Crippen molar-refractivity contribution in [3.63, 3.8) is 0 Å². The molecule has 1 aliphatic rings. The van der Waals surface area contributed by atoms with Crippen molar-refractivity contribution >= 4 is 17.7 Å². The smallest absolute Gasteiger partial charge is 0.221 e. The second kappa shape index (κ2) is 7.21. The van der Waals surface area contributed by atoms with Gasteiger partial charge in [0.2, 0.25) is 5.91 Å². The zero-order valence-electron chi connectivity index (χ0n) is 7.88. The molecule has 0 radical (unpaired) electrons. The van der Waals surface area contributed by atoms with E-state index in [9.17, 15) is 4.79 Å². The highest BCUT2D eigenvalue weighted by atomic mass is 32.2. The van der Waals surface area contributed by atoms with Gasteiger partial charge >= 0.3 is 0 Å². The minimum Gasteiger partial charge on any atom is -0.351 e. The van der Waals surface area contributed by atoms with Gasteiger partial charge in [0.25, 0.3) is 0 Å². The average molecular weight is 203 g/mol. The third kappa shape index (κ3) is 5.93. The number of hydrogen-bond acceptors (Lipinski definition) is 3. The van der Waals surface area contributed by atoms with Crippen LogP contribution in [-0.2, 0) is 9.53 Å². The number of ether oxygens (including phenoxy) is 1. The van der Waals surface area contributed by atoms with Crippen molar-refractivity contribution in [3.05, 3.63) is 0 Å². The second-order valence-corrected chi connectivity index (χ2v) is 4.19. The molecule has 1 amide bonds. The normalized spacial score (nSPS) is 22.6. The van der Waals surface area contributed by atoms with Crippen molar-refractivity contribution in [2.75, 3.05) is 18.4 Å². The maximum Gasteiger partial charge on any atom is 0.221 e. The molecule has 1 rings (SSSR count). The van der Waals surface area contributed by atoms with Crippen molar-refractivity contribution in [2.24, 2.45) is 0 Å². The number of rotatable bonds is 0. The highest BCUT2D eigenvalue weighted by Crippen LogP contribution is 2.09. The van der Waals surface area contributed by atoms with Crippen molar-refractivity contribution in [2.45, 2.75) is 32.1 Å². The van der Waals surface area contributed by atoms with E-state index in [0.29, 0.717) is 19.1 Å². The number of carbonyl (C=O) groups excluding carboxylic acids is 1. The van der Waals surface area contributed by atoms with E-state index in [1.807, 2.05) is 0 Å². The Morgan fingerprint density at radius 2 is 2.08 bits per heavy atom. The molecule has 0 aliphatic carbocycles. The van der Waals surface area contributed by atoms with Crippen LogP contribution in [0.5, 0.6) is 0 Å². The summed E-state index contributed by atoms with van der Waals surface area (Å²) in [7, 11) is 0. The lowest BCUT2D eigenvalue weighted by molar-refractivity contribution is -0.122. The quantitative estimate of drug-likeness (QED) is 0.651. The van der Waals surface area contributed by atoms with Gasteiger partial charge in [-0.25, -0.2) is 0 Å². The van der Waals surface area contributed by atoms with E-state index in [1.165, 1.54) is 25.0 Å². The van der Waals surface area contributed by atoms with Crippen molar-refractivity contribution < 1.29 is 9.53 Å². The van der Waals surface area contributed by atoms with E-state index >= 15 is 0 Å². The maximum absolute atomic E-state index is 11.1. The Labute approximate surface area is 83.6 Å². The van der Waals surface area contributed by atoms with Gasteiger partial charge in [-0.15, -0.1) is 11.8 Å². The minimum absolute atomic E-state index is 0.116. The monoisotopic (exact) mass is 203 g/mol. The summed E-state index contributed by atoms with van der Waals surface area (Å²) in [5.41, 5.74) is 0. The molecule has 0 aromatic rings. The standard InChI is InChI=1S/C9H17NO2S/c11-9-5-3-1-2-4-6-13-8-12-7-10-9/h1-8H2,(H,10,11). The predicted octanol–water partition coefficient (Wildman–Crippen LogP) is 1.73. The molecule has 13 heavy (non-hydrogen) atoms.